The van der Waals surface area contributed by atoms with E-state index in [0.717, 1.165) is 5.56 Å². The molecule has 2 aromatic rings. The first-order valence-corrected chi connectivity index (χ1v) is 7.36. The third-order valence-electron chi connectivity index (χ3n) is 3.63. The van der Waals surface area contributed by atoms with E-state index in [0.29, 0.717) is 31.4 Å². The van der Waals surface area contributed by atoms with Crippen molar-refractivity contribution in [2.45, 2.75) is 19.5 Å². The summed E-state index contributed by atoms with van der Waals surface area (Å²) < 4.78 is 11.0. The van der Waals surface area contributed by atoms with Crippen molar-refractivity contribution in [1.82, 2.24) is 15.2 Å². The van der Waals surface area contributed by atoms with Gasteiger partial charge in [0.05, 0.1) is 32.0 Å². The molecule has 0 aliphatic carbocycles. The average molecular weight is 301 g/mol. The summed E-state index contributed by atoms with van der Waals surface area (Å²) in [4.78, 5) is 18.1. The van der Waals surface area contributed by atoms with Crippen LogP contribution in [-0.4, -0.2) is 41.7 Å². The molecule has 1 N–H and O–H groups in total. The molecular weight excluding hydrogens is 282 g/mol. The van der Waals surface area contributed by atoms with Gasteiger partial charge in [-0.25, -0.2) is 9.78 Å². The van der Waals surface area contributed by atoms with Gasteiger partial charge in [0.25, 0.3) is 0 Å². The number of hydrogen-bond acceptors (Lipinski definition) is 4. The Morgan fingerprint density at radius 2 is 2.23 bits per heavy atom. The molecule has 22 heavy (non-hydrogen) atoms. The second-order valence-electron chi connectivity index (χ2n) is 5.26. The van der Waals surface area contributed by atoms with Crippen LogP contribution in [0.1, 0.15) is 12.8 Å². The maximum Gasteiger partial charge on any atom is 0.318 e. The normalized spacial score (nSPS) is 18.2. The van der Waals surface area contributed by atoms with E-state index in [1.165, 1.54) is 0 Å². The van der Waals surface area contributed by atoms with Crippen molar-refractivity contribution in [2.75, 3.05) is 19.8 Å². The van der Waals surface area contributed by atoms with Gasteiger partial charge in [-0.2, -0.15) is 0 Å². The van der Waals surface area contributed by atoms with Crippen molar-refractivity contribution in [3.05, 3.63) is 42.4 Å². The number of nitrogens with one attached hydrogen (secondary N) is 1. The monoisotopic (exact) mass is 301 g/mol. The van der Waals surface area contributed by atoms with Crippen molar-refractivity contribution in [3.8, 4) is 11.3 Å². The number of carbonyl (C=O) groups excluding carboxylic acids is 1. The Morgan fingerprint density at radius 3 is 3.00 bits per heavy atom. The van der Waals surface area contributed by atoms with Crippen LogP contribution in [0, 0.1) is 0 Å². The Labute approximate surface area is 129 Å². The summed E-state index contributed by atoms with van der Waals surface area (Å²) in [5.74, 6) is 1.19. The largest absolute Gasteiger partial charge is 0.439 e. The molecule has 1 aromatic carbocycles. The van der Waals surface area contributed by atoms with Crippen LogP contribution in [0.15, 0.2) is 40.9 Å². The molecule has 0 spiro atoms. The summed E-state index contributed by atoms with van der Waals surface area (Å²) in [7, 11) is 0. The number of rotatable bonds is 3. The average Bonchev–Trinajstić information content (AvgIpc) is 3.03. The van der Waals surface area contributed by atoms with Crippen molar-refractivity contribution < 1.29 is 13.9 Å². The molecule has 1 fully saturated rings. The highest BCUT2D eigenvalue weighted by molar-refractivity contribution is 5.74. The molecule has 6 heteroatoms. The minimum atomic E-state index is -0.115. The zero-order valence-electron chi connectivity index (χ0n) is 12.5. The molecule has 1 unspecified atom stereocenters. The third-order valence-corrected chi connectivity index (χ3v) is 3.63. The minimum absolute atomic E-state index is 0.0817. The first kappa shape index (κ1) is 14.6. The van der Waals surface area contributed by atoms with Crippen LogP contribution in [0.3, 0.4) is 0 Å². The highest BCUT2D eigenvalue weighted by Gasteiger charge is 2.23. The molecular formula is C16H19N3O3. The van der Waals surface area contributed by atoms with Gasteiger partial charge in [0, 0.05) is 12.1 Å². The number of hydrogen-bond donors (Lipinski definition) is 1. The van der Waals surface area contributed by atoms with E-state index >= 15 is 0 Å². The number of ether oxygens (including phenoxy) is 1. The van der Waals surface area contributed by atoms with Gasteiger partial charge in [-0.05, 0) is 6.92 Å². The molecule has 1 aliphatic heterocycles. The Bertz CT molecular complexity index is 627. The summed E-state index contributed by atoms with van der Waals surface area (Å²) >= 11 is 0. The van der Waals surface area contributed by atoms with Crippen molar-refractivity contribution >= 4 is 6.03 Å². The third kappa shape index (κ3) is 3.28. The highest BCUT2D eigenvalue weighted by atomic mass is 16.5. The smallest absolute Gasteiger partial charge is 0.318 e. The number of urea groups is 1. The number of oxazole rings is 1. The van der Waals surface area contributed by atoms with Crippen LogP contribution < -0.4 is 5.32 Å². The SMILES string of the molecule is CC1COCCN1C(=O)NCc1ncc(-c2ccccc2)o1. The van der Waals surface area contributed by atoms with E-state index in [1.807, 2.05) is 37.3 Å². The van der Waals surface area contributed by atoms with Crippen LogP contribution in [0.25, 0.3) is 11.3 Å². The van der Waals surface area contributed by atoms with Gasteiger partial charge in [0.1, 0.15) is 0 Å². The molecule has 1 aliphatic rings. The summed E-state index contributed by atoms with van der Waals surface area (Å²) in [6.07, 6.45) is 1.67. The second kappa shape index (κ2) is 6.62. The van der Waals surface area contributed by atoms with Gasteiger partial charge < -0.3 is 19.4 Å². The van der Waals surface area contributed by atoms with Crippen LogP contribution in [0.2, 0.25) is 0 Å². The van der Waals surface area contributed by atoms with Gasteiger partial charge in [0.2, 0.25) is 5.89 Å². The first-order valence-electron chi connectivity index (χ1n) is 7.36. The lowest BCUT2D eigenvalue weighted by Gasteiger charge is -2.33. The van der Waals surface area contributed by atoms with Gasteiger partial charge in [0.15, 0.2) is 5.76 Å². The van der Waals surface area contributed by atoms with Crippen LogP contribution >= 0.6 is 0 Å². The molecule has 0 bridgehead atoms. The van der Waals surface area contributed by atoms with Crippen molar-refractivity contribution in [1.29, 1.82) is 0 Å². The van der Waals surface area contributed by atoms with E-state index < -0.39 is 0 Å². The van der Waals surface area contributed by atoms with Gasteiger partial charge in [-0.15, -0.1) is 0 Å². The summed E-state index contributed by atoms with van der Waals surface area (Å²) in [5, 5.41) is 2.84. The zero-order valence-corrected chi connectivity index (χ0v) is 12.5. The van der Waals surface area contributed by atoms with E-state index in [-0.39, 0.29) is 18.6 Å². The molecule has 3 rings (SSSR count). The predicted octanol–water partition coefficient (Wildman–Crippen LogP) is 2.27. The highest BCUT2D eigenvalue weighted by Crippen LogP contribution is 2.19. The maximum atomic E-state index is 12.1. The molecule has 116 valence electrons. The maximum absolute atomic E-state index is 12.1. The number of aromatic nitrogens is 1. The molecule has 2 amide bonds. The standard InChI is InChI=1S/C16H19N3O3/c1-12-11-21-8-7-19(12)16(20)18-10-15-17-9-14(22-15)13-5-3-2-4-6-13/h2-6,9,12H,7-8,10-11H2,1H3,(H,18,20). The van der Waals surface area contributed by atoms with Crippen LogP contribution in [0.5, 0.6) is 0 Å². The zero-order chi connectivity index (χ0) is 15.4. The number of amides is 2. The summed E-state index contributed by atoms with van der Waals surface area (Å²) in [6, 6.07) is 9.72. The Morgan fingerprint density at radius 1 is 1.41 bits per heavy atom. The van der Waals surface area contributed by atoms with Crippen LogP contribution in [0.4, 0.5) is 4.79 Å². The van der Waals surface area contributed by atoms with E-state index in [1.54, 1.807) is 11.1 Å². The molecule has 2 heterocycles. The lowest BCUT2D eigenvalue weighted by molar-refractivity contribution is 0.0188. The summed E-state index contributed by atoms with van der Waals surface area (Å²) in [6.45, 7) is 4.00. The molecule has 1 aromatic heterocycles. The summed E-state index contributed by atoms with van der Waals surface area (Å²) in [5.41, 5.74) is 0.967. The number of benzene rings is 1. The molecule has 1 saturated heterocycles. The number of nitrogens with zero attached hydrogens (tertiary/aromatic N) is 2. The Hall–Kier alpha value is -2.34. The van der Waals surface area contributed by atoms with Crippen molar-refractivity contribution in [3.63, 3.8) is 0 Å². The van der Waals surface area contributed by atoms with Gasteiger partial charge in [-0.1, -0.05) is 30.3 Å². The quantitative estimate of drug-likeness (QED) is 0.944. The predicted molar refractivity (Wildman–Crippen MR) is 81.2 cm³/mol. The lowest BCUT2D eigenvalue weighted by Crippen LogP contribution is -2.51. The molecule has 0 radical (unpaired) electrons. The van der Waals surface area contributed by atoms with Gasteiger partial charge in [-0.3, -0.25) is 0 Å². The molecule has 1 atom stereocenters. The van der Waals surface area contributed by atoms with E-state index in [9.17, 15) is 4.79 Å². The molecule has 0 saturated carbocycles. The fourth-order valence-electron chi connectivity index (χ4n) is 2.41. The lowest BCUT2D eigenvalue weighted by atomic mass is 10.2. The van der Waals surface area contributed by atoms with Gasteiger partial charge >= 0.3 is 6.03 Å². The van der Waals surface area contributed by atoms with E-state index in [2.05, 4.69) is 10.3 Å². The topological polar surface area (TPSA) is 67.6 Å². The number of morpholine rings is 1. The fraction of sp³-hybridized carbons (Fsp3) is 0.375. The van der Waals surface area contributed by atoms with Crippen molar-refractivity contribution in [2.24, 2.45) is 0 Å². The minimum Gasteiger partial charge on any atom is -0.439 e. The number of carbonyl (C=O) groups is 1. The molecule has 6 nitrogen and oxygen atoms in total. The Kier molecular flexibility index (Phi) is 4.39. The fourth-order valence-corrected chi connectivity index (χ4v) is 2.41. The Balaban J connectivity index is 1.58. The first-order chi connectivity index (χ1) is 10.7. The second-order valence-corrected chi connectivity index (χ2v) is 5.26. The van der Waals surface area contributed by atoms with E-state index in [4.69, 9.17) is 9.15 Å². The van der Waals surface area contributed by atoms with Crippen LogP contribution in [-0.2, 0) is 11.3 Å².